The first kappa shape index (κ1) is 17.4. The van der Waals surface area contributed by atoms with Gasteiger partial charge in [-0.15, -0.1) is 0 Å². The summed E-state index contributed by atoms with van der Waals surface area (Å²) in [6.45, 7) is 3.46. The molecule has 0 saturated heterocycles. The molecule has 23 heavy (non-hydrogen) atoms. The molecule has 0 atom stereocenters. The van der Waals surface area contributed by atoms with Gasteiger partial charge in [-0.2, -0.15) is 9.78 Å². The van der Waals surface area contributed by atoms with Crippen molar-refractivity contribution in [3.8, 4) is 5.69 Å². The molecule has 5 nitrogen and oxygen atoms in total. The predicted octanol–water partition coefficient (Wildman–Crippen LogP) is 2.64. The molecule has 2 aromatic rings. The molecule has 0 aliphatic carbocycles. The monoisotopic (exact) mass is 343 g/mol. The summed E-state index contributed by atoms with van der Waals surface area (Å²) in [4.78, 5) is 14.0. The molecule has 8 heteroatoms. The van der Waals surface area contributed by atoms with Crippen molar-refractivity contribution in [1.82, 2.24) is 9.78 Å². The van der Waals surface area contributed by atoms with Crippen LogP contribution in [0.5, 0.6) is 0 Å². The Morgan fingerprint density at radius 2 is 2.13 bits per heavy atom. The summed E-state index contributed by atoms with van der Waals surface area (Å²) in [5, 5.41) is 3.83. The van der Waals surface area contributed by atoms with E-state index in [1.165, 1.54) is 6.20 Å². The largest absolute Gasteiger partial charge is 0.380 e. The topological polar surface area (TPSA) is 47.4 Å². The average molecular weight is 344 g/mol. The van der Waals surface area contributed by atoms with Crippen LogP contribution in [0.4, 0.5) is 14.5 Å². The number of nitrogens with zero attached hydrogens (tertiary/aromatic N) is 3. The third-order valence-electron chi connectivity index (χ3n) is 3.22. The maximum absolute atomic E-state index is 13.8. The van der Waals surface area contributed by atoms with Gasteiger partial charge in [-0.1, -0.05) is 11.6 Å². The average Bonchev–Trinajstić information content (AvgIpc) is 2.51. The van der Waals surface area contributed by atoms with Gasteiger partial charge >= 0.3 is 0 Å². The molecule has 1 aromatic carbocycles. The highest BCUT2D eigenvalue weighted by atomic mass is 35.5. The number of rotatable bonds is 6. The number of anilines is 1. The SMILES string of the molecule is CCOCCN(C)c1cnn(-c2ccc(F)cc2F)c(=O)c1Cl. The fourth-order valence-electron chi connectivity index (χ4n) is 1.98. The molecule has 0 saturated carbocycles. The van der Waals surface area contributed by atoms with E-state index in [4.69, 9.17) is 16.3 Å². The summed E-state index contributed by atoms with van der Waals surface area (Å²) in [5.74, 6) is -1.63. The fraction of sp³-hybridized carbons (Fsp3) is 0.333. The van der Waals surface area contributed by atoms with Crippen molar-refractivity contribution in [2.45, 2.75) is 6.92 Å². The molecule has 0 aliphatic heterocycles. The van der Waals surface area contributed by atoms with E-state index >= 15 is 0 Å². The Balaban J connectivity index is 2.36. The first-order valence-corrected chi connectivity index (χ1v) is 7.35. The van der Waals surface area contributed by atoms with Crippen molar-refractivity contribution >= 4 is 17.3 Å². The van der Waals surface area contributed by atoms with Gasteiger partial charge in [0.15, 0.2) is 5.82 Å². The molecule has 0 bridgehead atoms. The maximum Gasteiger partial charge on any atom is 0.292 e. The van der Waals surface area contributed by atoms with E-state index in [0.29, 0.717) is 31.5 Å². The number of aromatic nitrogens is 2. The molecule has 124 valence electrons. The molecule has 0 unspecified atom stereocenters. The highest BCUT2D eigenvalue weighted by molar-refractivity contribution is 6.33. The van der Waals surface area contributed by atoms with Crippen molar-refractivity contribution in [3.05, 3.63) is 51.4 Å². The minimum atomic E-state index is -0.895. The minimum absolute atomic E-state index is 0.0947. The molecule has 0 radical (unpaired) electrons. The first-order valence-electron chi connectivity index (χ1n) is 6.97. The van der Waals surface area contributed by atoms with Crippen molar-refractivity contribution < 1.29 is 13.5 Å². The second-order valence-electron chi connectivity index (χ2n) is 4.77. The van der Waals surface area contributed by atoms with Crippen molar-refractivity contribution in [3.63, 3.8) is 0 Å². The molecule has 1 aromatic heterocycles. The number of benzene rings is 1. The van der Waals surface area contributed by atoms with Gasteiger partial charge in [-0.25, -0.2) is 8.78 Å². The lowest BCUT2D eigenvalue weighted by atomic mass is 10.3. The Kier molecular flexibility index (Phi) is 5.68. The van der Waals surface area contributed by atoms with Crippen LogP contribution in [-0.4, -0.2) is 36.6 Å². The zero-order valence-electron chi connectivity index (χ0n) is 12.7. The number of likely N-dealkylation sites (N-methyl/N-ethyl adjacent to an activating group) is 1. The van der Waals surface area contributed by atoms with E-state index in [9.17, 15) is 13.6 Å². The van der Waals surface area contributed by atoms with E-state index in [-0.39, 0.29) is 10.7 Å². The Labute approximate surface area is 137 Å². The maximum atomic E-state index is 13.8. The van der Waals surface area contributed by atoms with Gasteiger partial charge < -0.3 is 9.64 Å². The second kappa shape index (κ2) is 7.52. The zero-order chi connectivity index (χ0) is 17.0. The van der Waals surface area contributed by atoms with Gasteiger partial charge in [0.1, 0.15) is 16.5 Å². The van der Waals surface area contributed by atoms with E-state index in [0.717, 1.165) is 16.8 Å². The third-order valence-corrected chi connectivity index (χ3v) is 3.58. The summed E-state index contributed by atoms with van der Waals surface area (Å²) in [7, 11) is 1.74. The van der Waals surface area contributed by atoms with Crippen LogP contribution in [0.25, 0.3) is 5.69 Å². The van der Waals surface area contributed by atoms with E-state index in [1.807, 2.05) is 6.92 Å². The van der Waals surface area contributed by atoms with Crippen molar-refractivity contribution in [2.24, 2.45) is 0 Å². The molecule has 0 N–H and O–H groups in total. The number of hydrogen-bond acceptors (Lipinski definition) is 4. The lowest BCUT2D eigenvalue weighted by Crippen LogP contribution is -2.28. The Morgan fingerprint density at radius 1 is 1.39 bits per heavy atom. The van der Waals surface area contributed by atoms with Crippen LogP contribution >= 0.6 is 11.6 Å². The van der Waals surface area contributed by atoms with Crippen LogP contribution in [0, 0.1) is 11.6 Å². The van der Waals surface area contributed by atoms with Crippen LogP contribution < -0.4 is 10.5 Å². The quantitative estimate of drug-likeness (QED) is 0.757. The van der Waals surface area contributed by atoms with Gasteiger partial charge in [0, 0.05) is 26.3 Å². The lowest BCUT2D eigenvalue weighted by molar-refractivity contribution is 0.154. The van der Waals surface area contributed by atoms with Gasteiger partial charge in [-0.3, -0.25) is 4.79 Å². The molecular formula is C15H16ClF2N3O2. The molecule has 0 spiro atoms. The molecular weight excluding hydrogens is 328 g/mol. The van der Waals surface area contributed by atoms with Gasteiger partial charge in [0.2, 0.25) is 0 Å². The summed E-state index contributed by atoms with van der Waals surface area (Å²) in [5.41, 5.74) is -0.435. The number of ether oxygens (including phenoxy) is 1. The van der Waals surface area contributed by atoms with Gasteiger partial charge in [-0.05, 0) is 19.1 Å². The summed E-state index contributed by atoms with van der Waals surface area (Å²) >= 11 is 6.09. The van der Waals surface area contributed by atoms with Crippen molar-refractivity contribution in [1.29, 1.82) is 0 Å². The smallest absolute Gasteiger partial charge is 0.292 e. The third kappa shape index (κ3) is 3.86. The van der Waals surface area contributed by atoms with Crippen LogP contribution in [0.2, 0.25) is 5.02 Å². The van der Waals surface area contributed by atoms with E-state index in [2.05, 4.69) is 5.10 Å². The zero-order valence-corrected chi connectivity index (χ0v) is 13.5. The predicted molar refractivity (Wildman–Crippen MR) is 84.5 cm³/mol. The van der Waals surface area contributed by atoms with Gasteiger partial charge in [0.05, 0.1) is 18.5 Å². The standard InChI is InChI=1S/C15H16ClF2N3O2/c1-3-23-7-6-20(2)13-9-19-21(15(22)14(13)16)12-5-4-10(17)8-11(12)18/h4-5,8-9H,3,6-7H2,1-2H3. The van der Waals surface area contributed by atoms with Crippen LogP contribution in [0.1, 0.15) is 6.92 Å². The fourth-order valence-corrected chi connectivity index (χ4v) is 2.25. The highest BCUT2D eigenvalue weighted by Crippen LogP contribution is 2.21. The first-order chi connectivity index (χ1) is 11.0. The Hall–Kier alpha value is -1.99. The number of hydrogen-bond donors (Lipinski definition) is 0. The normalized spacial score (nSPS) is 10.8. The molecule has 0 amide bonds. The van der Waals surface area contributed by atoms with Crippen molar-refractivity contribution in [2.75, 3.05) is 31.7 Å². The number of halogens is 3. The van der Waals surface area contributed by atoms with E-state index in [1.54, 1.807) is 11.9 Å². The van der Waals surface area contributed by atoms with Crippen LogP contribution in [0.3, 0.4) is 0 Å². The summed E-state index contributed by atoms with van der Waals surface area (Å²) in [6, 6.07) is 2.86. The minimum Gasteiger partial charge on any atom is -0.380 e. The molecule has 0 fully saturated rings. The van der Waals surface area contributed by atoms with Crippen LogP contribution in [0.15, 0.2) is 29.2 Å². The molecule has 0 aliphatic rings. The lowest BCUT2D eigenvalue weighted by Gasteiger charge is -2.20. The van der Waals surface area contributed by atoms with Gasteiger partial charge in [0.25, 0.3) is 5.56 Å². The molecule has 2 rings (SSSR count). The summed E-state index contributed by atoms with van der Waals surface area (Å²) < 4.78 is 32.8. The van der Waals surface area contributed by atoms with Crippen LogP contribution in [-0.2, 0) is 4.74 Å². The second-order valence-corrected chi connectivity index (χ2v) is 5.15. The Bertz CT molecular complexity index is 752. The Morgan fingerprint density at radius 3 is 2.78 bits per heavy atom. The highest BCUT2D eigenvalue weighted by Gasteiger charge is 2.16. The summed E-state index contributed by atoms with van der Waals surface area (Å²) in [6.07, 6.45) is 1.36. The molecule has 1 heterocycles. The van der Waals surface area contributed by atoms with E-state index < -0.39 is 17.2 Å².